The van der Waals surface area contributed by atoms with Crippen molar-refractivity contribution in [1.29, 1.82) is 0 Å². The van der Waals surface area contributed by atoms with Crippen molar-refractivity contribution in [3.05, 3.63) is 35.9 Å². The summed E-state index contributed by atoms with van der Waals surface area (Å²) < 4.78 is 7.14. The van der Waals surface area contributed by atoms with E-state index < -0.39 is 0 Å². The third kappa shape index (κ3) is 7.10. The lowest BCUT2D eigenvalue weighted by molar-refractivity contribution is -0.927. The van der Waals surface area contributed by atoms with Gasteiger partial charge < -0.3 is 9.22 Å². The fraction of sp³-hybridized carbons (Fsp3) is 0.684. The maximum atomic E-state index is 5.91. The number of quaternary nitrogens is 1. The zero-order valence-electron chi connectivity index (χ0n) is 14.3. The first kappa shape index (κ1) is 18.2. The van der Waals surface area contributed by atoms with Gasteiger partial charge in [-0.25, -0.2) is 0 Å². The predicted molar refractivity (Wildman–Crippen MR) is 91.6 cm³/mol. The summed E-state index contributed by atoms with van der Waals surface area (Å²) >= 11 is 0. The Bertz CT molecular complexity index is 352. The highest BCUT2D eigenvalue weighted by molar-refractivity contribution is 5.14. The minimum atomic E-state index is 0.841. The fourth-order valence-electron chi connectivity index (χ4n) is 2.97. The molecule has 0 aliphatic rings. The van der Waals surface area contributed by atoms with Crippen molar-refractivity contribution in [1.82, 2.24) is 0 Å². The van der Waals surface area contributed by atoms with Crippen LogP contribution in [0.3, 0.4) is 0 Å². The summed E-state index contributed by atoms with van der Waals surface area (Å²) in [5.74, 6) is 0. The minimum Gasteiger partial charge on any atom is -0.375 e. The van der Waals surface area contributed by atoms with Gasteiger partial charge in [-0.2, -0.15) is 0 Å². The van der Waals surface area contributed by atoms with E-state index in [0.29, 0.717) is 0 Å². The molecule has 1 aromatic rings. The third-order valence-corrected chi connectivity index (χ3v) is 4.44. The normalized spacial score (nSPS) is 14.0. The zero-order chi connectivity index (χ0) is 15.4. The van der Waals surface area contributed by atoms with Gasteiger partial charge in [0.05, 0.1) is 32.8 Å². The van der Waals surface area contributed by atoms with E-state index in [1.54, 1.807) is 0 Å². The smallest absolute Gasteiger partial charge is 0.102 e. The van der Waals surface area contributed by atoms with Crippen LogP contribution in [0, 0.1) is 0 Å². The van der Waals surface area contributed by atoms with Crippen molar-refractivity contribution in [2.24, 2.45) is 0 Å². The van der Waals surface area contributed by atoms with Crippen LogP contribution in [0.4, 0.5) is 0 Å². The van der Waals surface area contributed by atoms with Gasteiger partial charge in [0.1, 0.15) is 6.54 Å². The Labute approximate surface area is 131 Å². The summed E-state index contributed by atoms with van der Waals surface area (Å²) in [4.78, 5) is 0. The zero-order valence-corrected chi connectivity index (χ0v) is 14.3. The number of ether oxygens (including phenoxy) is 1. The van der Waals surface area contributed by atoms with E-state index in [2.05, 4.69) is 51.1 Å². The van der Waals surface area contributed by atoms with Gasteiger partial charge in [-0.05, 0) is 31.7 Å². The van der Waals surface area contributed by atoms with Crippen LogP contribution in [0.25, 0.3) is 0 Å². The molecule has 2 heteroatoms. The molecular weight excluding hydrogens is 258 g/mol. The number of likely N-dealkylation sites (N-methyl/N-ethyl adjacent to an activating group) is 1. The molecule has 0 fully saturated rings. The maximum absolute atomic E-state index is 5.91. The van der Waals surface area contributed by atoms with Crippen molar-refractivity contribution in [2.45, 2.75) is 46.5 Å². The third-order valence-electron chi connectivity index (χ3n) is 4.44. The molecule has 0 saturated carbocycles. The average molecular weight is 292 g/mol. The molecule has 0 radical (unpaired) electrons. The summed E-state index contributed by atoms with van der Waals surface area (Å²) in [7, 11) is 0. The van der Waals surface area contributed by atoms with Gasteiger partial charge in [0, 0.05) is 0 Å². The van der Waals surface area contributed by atoms with Crippen molar-refractivity contribution in [2.75, 3.05) is 39.4 Å². The van der Waals surface area contributed by atoms with E-state index in [9.17, 15) is 0 Å². The molecule has 1 unspecified atom stereocenters. The van der Waals surface area contributed by atoms with Gasteiger partial charge in [0.2, 0.25) is 0 Å². The number of rotatable bonds is 12. The summed E-state index contributed by atoms with van der Waals surface area (Å²) in [6, 6.07) is 10.6. The Morgan fingerprint density at radius 1 is 0.857 bits per heavy atom. The Morgan fingerprint density at radius 3 is 2.24 bits per heavy atom. The van der Waals surface area contributed by atoms with Crippen LogP contribution in [0.2, 0.25) is 0 Å². The van der Waals surface area contributed by atoms with Crippen molar-refractivity contribution in [3.8, 4) is 0 Å². The van der Waals surface area contributed by atoms with Gasteiger partial charge in [-0.3, -0.25) is 0 Å². The summed E-state index contributed by atoms with van der Waals surface area (Å²) in [6.07, 6.45) is 4.91. The number of unbranched alkanes of at least 4 members (excludes halogenated alkanes) is 1. The lowest BCUT2D eigenvalue weighted by Crippen LogP contribution is -2.51. The minimum absolute atomic E-state index is 0.841. The molecule has 0 spiro atoms. The second-order valence-corrected chi connectivity index (χ2v) is 6.03. The molecule has 0 aliphatic heterocycles. The lowest BCUT2D eigenvalue weighted by Gasteiger charge is -2.37. The van der Waals surface area contributed by atoms with Crippen LogP contribution in [0.5, 0.6) is 0 Å². The molecule has 1 aromatic carbocycles. The molecule has 0 aliphatic carbocycles. The van der Waals surface area contributed by atoms with Gasteiger partial charge in [0.25, 0.3) is 0 Å². The number of benzene rings is 1. The van der Waals surface area contributed by atoms with Crippen LogP contribution in [0.1, 0.15) is 45.6 Å². The van der Waals surface area contributed by atoms with Crippen molar-refractivity contribution < 1.29 is 9.22 Å². The Morgan fingerprint density at radius 2 is 1.62 bits per heavy atom. The molecule has 1 atom stereocenters. The number of nitrogens with zero attached hydrogens (tertiary/aromatic N) is 1. The molecule has 1 rings (SSSR count). The van der Waals surface area contributed by atoms with Crippen LogP contribution in [-0.2, 0) is 11.2 Å². The molecule has 21 heavy (non-hydrogen) atoms. The van der Waals surface area contributed by atoms with Crippen molar-refractivity contribution >= 4 is 0 Å². The topological polar surface area (TPSA) is 9.23 Å². The van der Waals surface area contributed by atoms with Crippen LogP contribution in [0.15, 0.2) is 30.3 Å². The first-order valence-corrected chi connectivity index (χ1v) is 8.73. The average Bonchev–Trinajstić information content (AvgIpc) is 2.53. The largest absolute Gasteiger partial charge is 0.375 e. The van der Waals surface area contributed by atoms with E-state index >= 15 is 0 Å². The molecule has 0 saturated heterocycles. The van der Waals surface area contributed by atoms with Gasteiger partial charge in [-0.1, -0.05) is 50.6 Å². The van der Waals surface area contributed by atoms with Crippen molar-refractivity contribution in [3.63, 3.8) is 0 Å². The highest BCUT2D eigenvalue weighted by Gasteiger charge is 2.23. The summed E-state index contributed by atoms with van der Waals surface area (Å²) in [5.41, 5.74) is 1.37. The van der Waals surface area contributed by atoms with Crippen LogP contribution < -0.4 is 0 Å². The monoisotopic (exact) mass is 292 g/mol. The molecule has 0 N–H and O–H groups in total. The first-order valence-electron chi connectivity index (χ1n) is 8.73. The van der Waals surface area contributed by atoms with E-state index in [0.717, 1.165) is 19.6 Å². The summed E-state index contributed by atoms with van der Waals surface area (Å²) in [5, 5.41) is 0. The molecule has 0 aromatic heterocycles. The van der Waals surface area contributed by atoms with Gasteiger partial charge in [0.15, 0.2) is 0 Å². The molecule has 0 bridgehead atoms. The standard InChI is InChI=1S/C19H34NO/c1-4-7-15-20(6-3,14-5-2)16-18-21-17-13-19-11-9-8-10-12-19/h8-12H,4-7,13-18H2,1-3H3/q+1. The highest BCUT2D eigenvalue weighted by atomic mass is 16.5. The molecule has 0 heterocycles. The van der Waals surface area contributed by atoms with E-state index in [1.807, 2.05) is 0 Å². The lowest BCUT2D eigenvalue weighted by atomic mass is 10.2. The number of hydrogen-bond donors (Lipinski definition) is 0. The maximum Gasteiger partial charge on any atom is 0.102 e. The molecule has 2 nitrogen and oxygen atoms in total. The van der Waals surface area contributed by atoms with Gasteiger partial charge >= 0.3 is 0 Å². The van der Waals surface area contributed by atoms with Gasteiger partial charge in [-0.15, -0.1) is 0 Å². The Kier molecular flexibility index (Phi) is 9.36. The molecular formula is C19H34NO+. The molecule has 0 amide bonds. The van der Waals surface area contributed by atoms with Crippen LogP contribution >= 0.6 is 0 Å². The van der Waals surface area contributed by atoms with E-state index in [1.165, 1.54) is 55.5 Å². The Balaban J connectivity index is 2.28. The highest BCUT2D eigenvalue weighted by Crippen LogP contribution is 2.11. The Hall–Kier alpha value is -0.860. The predicted octanol–water partition coefficient (Wildman–Crippen LogP) is 4.29. The quantitative estimate of drug-likeness (QED) is 0.412. The molecule has 120 valence electrons. The second-order valence-electron chi connectivity index (χ2n) is 6.03. The second kappa shape index (κ2) is 10.8. The van der Waals surface area contributed by atoms with E-state index in [-0.39, 0.29) is 0 Å². The first-order chi connectivity index (χ1) is 10.3. The summed E-state index contributed by atoms with van der Waals surface area (Å²) in [6.45, 7) is 13.6. The van der Waals surface area contributed by atoms with E-state index in [4.69, 9.17) is 4.74 Å². The van der Waals surface area contributed by atoms with Crippen LogP contribution in [-0.4, -0.2) is 43.9 Å². The number of hydrogen-bond acceptors (Lipinski definition) is 1. The SMILES string of the molecule is CCCC[N+](CC)(CCC)CCOCCc1ccccc1. The fourth-order valence-corrected chi connectivity index (χ4v) is 2.97.